The van der Waals surface area contributed by atoms with Crippen LogP contribution in [-0.2, 0) is 0 Å². The van der Waals surface area contributed by atoms with Gasteiger partial charge >= 0.3 is 0 Å². The summed E-state index contributed by atoms with van der Waals surface area (Å²) in [7, 11) is 0. The van der Waals surface area contributed by atoms with Crippen LogP contribution in [0.3, 0.4) is 0 Å². The number of amides is 1. The Morgan fingerprint density at radius 3 is 2.48 bits per heavy atom. The number of pyridine rings is 1. The van der Waals surface area contributed by atoms with Gasteiger partial charge in [0.1, 0.15) is 0 Å². The van der Waals surface area contributed by atoms with Gasteiger partial charge in [-0.2, -0.15) is 0 Å². The highest BCUT2D eigenvalue weighted by Gasteiger charge is 2.16. The number of fused-ring (bicyclic) bond motifs is 1. The Morgan fingerprint density at radius 1 is 1.00 bits per heavy atom. The molecule has 0 spiro atoms. The predicted molar refractivity (Wildman–Crippen MR) is 110 cm³/mol. The average Bonchev–Trinajstić information content (AvgIpc) is 2.74. The molecule has 1 saturated heterocycles. The smallest absolute Gasteiger partial charge is 0.256 e. The number of anilines is 2. The molecule has 0 saturated carbocycles. The van der Waals surface area contributed by atoms with Gasteiger partial charge in [-0.1, -0.05) is 25.1 Å². The minimum atomic E-state index is -0.113. The molecule has 0 aliphatic carbocycles. The molecule has 3 aromatic rings. The maximum atomic E-state index is 12.7. The Hall–Kier alpha value is -2.92. The molecule has 0 unspecified atom stereocenters. The molecule has 1 N–H and O–H groups in total. The van der Waals surface area contributed by atoms with Gasteiger partial charge in [-0.05, 0) is 42.9 Å². The van der Waals surface area contributed by atoms with Crippen molar-refractivity contribution < 1.29 is 4.79 Å². The molecule has 5 heteroatoms. The third-order valence-electron chi connectivity index (χ3n) is 5.20. The minimum absolute atomic E-state index is 0.113. The molecular weight excluding hydrogens is 336 g/mol. The van der Waals surface area contributed by atoms with Crippen molar-refractivity contribution in [3.8, 4) is 0 Å². The van der Waals surface area contributed by atoms with E-state index in [4.69, 9.17) is 0 Å². The van der Waals surface area contributed by atoms with Gasteiger partial charge in [0.2, 0.25) is 0 Å². The van der Waals surface area contributed by atoms with Crippen LogP contribution in [-0.4, -0.2) is 48.5 Å². The number of nitrogens with zero attached hydrogens (tertiary/aromatic N) is 3. The number of likely N-dealkylation sites (N-methyl/N-ethyl adjacent to an activating group) is 1. The summed E-state index contributed by atoms with van der Waals surface area (Å²) >= 11 is 0. The fourth-order valence-electron chi connectivity index (χ4n) is 3.57. The quantitative estimate of drug-likeness (QED) is 0.772. The average molecular weight is 360 g/mol. The van der Waals surface area contributed by atoms with E-state index in [2.05, 4.69) is 39.2 Å². The molecule has 5 nitrogen and oxygen atoms in total. The zero-order valence-electron chi connectivity index (χ0n) is 15.6. The summed E-state index contributed by atoms with van der Waals surface area (Å²) in [6.07, 6.45) is 1.68. The number of carbonyl (C=O) groups is 1. The number of piperazine rings is 1. The zero-order chi connectivity index (χ0) is 18.6. The SMILES string of the molecule is CCN1CCN(c2ccc(NC(=O)c3ccnc4ccccc34)cc2)CC1. The summed E-state index contributed by atoms with van der Waals surface area (Å²) in [6, 6.07) is 17.6. The fraction of sp³-hybridized carbons (Fsp3) is 0.273. The first-order valence-electron chi connectivity index (χ1n) is 9.47. The van der Waals surface area contributed by atoms with E-state index in [0.717, 1.165) is 49.3 Å². The first kappa shape index (κ1) is 17.5. The van der Waals surface area contributed by atoms with Gasteiger partial charge < -0.3 is 15.1 Å². The van der Waals surface area contributed by atoms with E-state index < -0.39 is 0 Å². The molecule has 27 heavy (non-hydrogen) atoms. The monoisotopic (exact) mass is 360 g/mol. The summed E-state index contributed by atoms with van der Waals surface area (Å²) in [5, 5.41) is 3.87. The van der Waals surface area contributed by atoms with E-state index in [-0.39, 0.29) is 5.91 Å². The molecule has 1 aliphatic rings. The highest BCUT2D eigenvalue weighted by atomic mass is 16.1. The van der Waals surface area contributed by atoms with E-state index in [1.807, 2.05) is 36.4 Å². The van der Waals surface area contributed by atoms with Gasteiger partial charge in [-0.25, -0.2) is 0 Å². The third-order valence-corrected chi connectivity index (χ3v) is 5.20. The van der Waals surface area contributed by atoms with Gasteiger partial charge in [-0.15, -0.1) is 0 Å². The number of benzene rings is 2. The number of hydrogen-bond acceptors (Lipinski definition) is 4. The van der Waals surface area contributed by atoms with Crippen molar-refractivity contribution in [1.82, 2.24) is 9.88 Å². The second kappa shape index (κ2) is 7.76. The van der Waals surface area contributed by atoms with E-state index >= 15 is 0 Å². The van der Waals surface area contributed by atoms with Crippen molar-refractivity contribution >= 4 is 28.2 Å². The Morgan fingerprint density at radius 2 is 1.74 bits per heavy atom. The largest absolute Gasteiger partial charge is 0.369 e. The van der Waals surface area contributed by atoms with Gasteiger partial charge in [-0.3, -0.25) is 9.78 Å². The van der Waals surface area contributed by atoms with Crippen molar-refractivity contribution in [2.45, 2.75) is 6.92 Å². The Kier molecular flexibility index (Phi) is 5.03. The molecule has 1 aliphatic heterocycles. The number of nitrogens with one attached hydrogen (secondary N) is 1. The van der Waals surface area contributed by atoms with Crippen molar-refractivity contribution in [2.75, 3.05) is 42.9 Å². The fourth-order valence-corrected chi connectivity index (χ4v) is 3.57. The van der Waals surface area contributed by atoms with Gasteiger partial charge in [0.25, 0.3) is 5.91 Å². The van der Waals surface area contributed by atoms with Crippen LogP contribution in [0, 0.1) is 0 Å². The highest BCUT2D eigenvalue weighted by molar-refractivity contribution is 6.12. The number of aromatic nitrogens is 1. The molecule has 0 radical (unpaired) electrons. The Bertz CT molecular complexity index is 925. The first-order valence-corrected chi connectivity index (χ1v) is 9.47. The molecule has 1 amide bonds. The lowest BCUT2D eigenvalue weighted by Crippen LogP contribution is -2.46. The van der Waals surface area contributed by atoms with E-state index in [0.29, 0.717) is 5.56 Å². The van der Waals surface area contributed by atoms with Gasteiger partial charge in [0, 0.05) is 49.1 Å². The van der Waals surface area contributed by atoms with Crippen LogP contribution in [0.2, 0.25) is 0 Å². The second-order valence-corrected chi connectivity index (χ2v) is 6.80. The third kappa shape index (κ3) is 3.78. The van der Waals surface area contributed by atoms with Crippen LogP contribution in [0.25, 0.3) is 10.9 Å². The summed E-state index contributed by atoms with van der Waals surface area (Å²) < 4.78 is 0. The van der Waals surface area contributed by atoms with E-state index in [1.165, 1.54) is 5.69 Å². The second-order valence-electron chi connectivity index (χ2n) is 6.80. The summed E-state index contributed by atoms with van der Waals surface area (Å²) in [5.74, 6) is -0.113. The lowest BCUT2D eigenvalue weighted by atomic mass is 10.1. The highest BCUT2D eigenvalue weighted by Crippen LogP contribution is 2.21. The van der Waals surface area contributed by atoms with E-state index in [9.17, 15) is 4.79 Å². The van der Waals surface area contributed by atoms with Gasteiger partial charge in [0.05, 0.1) is 11.1 Å². The number of rotatable bonds is 4. The molecule has 0 bridgehead atoms. The maximum Gasteiger partial charge on any atom is 0.256 e. The van der Waals surface area contributed by atoms with Crippen LogP contribution < -0.4 is 10.2 Å². The molecule has 1 fully saturated rings. The molecular formula is C22H24N4O. The number of carbonyl (C=O) groups excluding carboxylic acids is 1. The van der Waals surface area contributed by atoms with Crippen LogP contribution >= 0.6 is 0 Å². The van der Waals surface area contributed by atoms with Crippen molar-refractivity contribution in [3.63, 3.8) is 0 Å². The Labute approximate surface area is 159 Å². The van der Waals surface area contributed by atoms with Crippen molar-refractivity contribution in [1.29, 1.82) is 0 Å². The topological polar surface area (TPSA) is 48.5 Å². The molecule has 2 aromatic carbocycles. The summed E-state index contributed by atoms with van der Waals surface area (Å²) in [4.78, 5) is 21.9. The lowest BCUT2D eigenvalue weighted by Gasteiger charge is -2.35. The van der Waals surface area contributed by atoms with Crippen molar-refractivity contribution in [3.05, 3.63) is 66.4 Å². The zero-order valence-corrected chi connectivity index (χ0v) is 15.6. The van der Waals surface area contributed by atoms with Gasteiger partial charge in [0.15, 0.2) is 0 Å². The molecule has 138 valence electrons. The maximum absolute atomic E-state index is 12.7. The predicted octanol–water partition coefficient (Wildman–Crippen LogP) is 3.63. The van der Waals surface area contributed by atoms with Crippen LogP contribution in [0.4, 0.5) is 11.4 Å². The minimum Gasteiger partial charge on any atom is -0.369 e. The normalized spacial score (nSPS) is 15.1. The molecule has 0 atom stereocenters. The standard InChI is InChI=1S/C22H24N4O/c1-2-25-13-15-26(16-14-25)18-9-7-17(8-10-18)24-22(27)20-11-12-23-21-6-4-3-5-19(20)21/h3-12H,2,13-16H2,1H3,(H,24,27). The summed E-state index contributed by atoms with van der Waals surface area (Å²) in [6.45, 7) is 7.61. The molecule has 2 heterocycles. The lowest BCUT2D eigenvalue weighted by molar-refractivity contribution is 0.102. The first-order chi connectivity index (χ1) is 13.2. The number of para-hydroxylation sites is 1. The van der Waals surface area contributed by atoms with Crippen LogP contribution in [0.15, 0.2) is 60.8 Å². The molecule has 4 rings (SSSR count). The van der Waals surface area contributed by atoms with Crippen molar-refractivity contribution in [2.24, 2.45) is 0 Å². The summed E-state index contributed by atoms with van der Waals surface area (Å²) in [5.41, 5.74) is 3.47. The van der Waals surface area contributed by atoms with Crippen LogP contribution in [0.1, 0.15) is 17.3 Å². The van der Waals surface area contributed by atoms with Crippen LogP contribution in [0.5, 0.6) is 0 Å². The Balaban J connectivity index is 1.46. The number of hydrogen-bond donors (Lipinski definition) is 1. The van der Waals surface area contributed by atoms with E-state index in [1.54, 1.807) is 12.3 Å². The molecule has 1 aromatic heterocycles.